The van der Waals surface area contributed by atoms with Gasteiger partial charge in [-0.1, -0.05) is 0 Å². The number of aromatic nitrogens is 2. The Morgan fingerprint density at radius 2 is 1.96 bits per heavy atom. The van der Waals surface area contributed by atoms with Crippen LogP contribution in [0.2, 0.25) is 0 Å². The number of hydrogen-bond acceptors (Lipinski definition) is 3. The molecule has 1 aromatic heterocycles. The van der Waals surface area contributed by atoms with Crippen molar-refractivity contribution in [3.05, 3.63) is 17.0 Å². The van der Waals surface area contributed by atoms with Crippen LogP contribution >= 0.6 is 0 Å². The molecule has 2 N–H and O–H groups in total. The Morgan fingerprint density at radius 3 is 2.56 bits per heavy atom. The van der Waals surface area contributed by atoms with E-state index in [4.69, 9.17) is 4.74 Å². The Kier molecular flexibility index (Phi) is 5.67. The van der Waals surface area contributed by atoms with Crippen LogP contribution in [0.25, 0.3) is 0 Å². The second-order valence-corrected chi connectivity index (χ2v) is 7.81. The van der Waals surface area contributed by atoms with Crippen LogP contribution in [-0.4, -0.2) is 45.9 Å². The topological polar surface area (TPSA) is 70.2 Å². The molecule has 6 nitrogen and oxygen atoms in total. The zero-order chi connectivity index (χ0) is 18.0. The largest absolute Gasteiger partial charge is 0.376 e. The van der Waals surface area contributed by atoms with Gasteiger partial charge in [-0.3, -0.25) is 5.10 Å². The van der Waals surface area contributed by atoms with Crippen molar-refractivity contribution in [2.24, 2.45) is 0 Å². The number of amides is 2. The quantitative estimate of drug-likeness (QED) is 0.873. The molecule has 2 fully saturated rings. The highest BCUT2D eigenvalue weighted by molar-refractivity contribution is 5.75. The number of ether oxygens (including phenoxy) is 1. The van der Waals surface area contributed by atoms with E-state index in [9.17, 15) is 4.79 Å². The van der Waals surface area contributed by atoms with Gasteiger partial charge >= 0.3 is 6.03 Å². The number of carbonyl (C=O) groups excluding carboxylic acids is 1. The number of aryl methyl sites for hydroxylation is 2. The van der Waals surface area contributed by atoms with Crippen LogP contribution in [-0.2, 0) is 4.74 Å². The molecule has 0 aromatic carbocycles. The highest BCUT2D eigenvalue weighted by Gasteiger charge is 2.34. The first-order valence-corrected chi connectivity index (χ1v) is 9.69. The van der Waals surface area contributed by atoms with Gasteiger partial charge in [-0.15, -0.1) is 0 Å². The molecule has 1 aromatic rings. The second-order valence-electron chi connectivity index (χ2n) is 7.81. The summed E-state index contributed by atoms with van der Waals surface area (Å²) >= 11 is 0. The lowest BCUT2D eigenvalue weighted by molar-refractivity contribution is -0.0158. The van der Waals surface area contributed by atoms with Crippen molar-refractivity contribution in [3.8, 4) is 0 Å². The van der Waals surface area contributed by atoms with E-state index in [1.807, 2.05) is 18.7 Å². The third-order valence-corrected chi connectivity index (χ3v) is 5.50. The molecule has 2 amide bonds. The van der Waals surface area contributed by atoms with E-state index >= 15 is 0 Å². The summed E-state index contributed by atoms with van der Waals surface area (Å²) in [5.41, 5.74) is 3.28. The number of hydrogen-bond donors (Lipinski definition) is 2. The molecule has 1 aliphatic carbocycles. The van der Waals surface area contributed by atoms with Crippen molar-refractivity contribution >= 4 is 6.03 Å². The molecule has 0 unspecified atom stereocenters. The van der Waals surface area contributed by atoms with Crippen LogP contribution in [0.1, 0.15) is 75.4 Å². The fourth-order valence-corrected chi connectivity index (χ4v) is 4.35. The van der Waals surface area contributed by atoms with Crippen molar-refractivity contribution in [3.63, 3.8) is 0 Å². The van der Waals surface area contributed by atoms with Gasteiger partial charge in [0.15, 0.2) is 0 Å². The molecule has 1 aliphatic heterocycles. The lowest BCUT2D eigenvalue weighted by Gasteiger charge is -2.33. The number of nitrogens with zero attached hydrogens (tertiary/aromatic N) is 2. The summed E-state index contributed by atoms with van der Waals surface area (Å²) in [4.78, 5) is 14.9. The van der Waals surface area contributed by atoms with E-state index in [1.54, 1.807) is 0 Å². The predicted octanol–water partition coefficient (Wildman–Crippen LogP) is 3.61. The van der Waals surface area contributed by atoms with Crippen molar-refractivity contribution in [1.29, 1.82) is 0 Å². The number of urea groups is 1. The predicted molar refractivity (Wildman–Crippen MR) is 97.5 cm³/mol. The van der Waals surface area contributed by atoms with Crippen molar-refractivity contribution in [2.75, 3.05) is 6.54 Å². The van der Waals surface area contributed by atoms with Gasteiger partial charge in [-0.2, -0.15) is 5.10 Å². The monoisotopic (exact) mass is 348 g/mol. The van der Waals surface area contributed by atoms with Gasteiger partial charge in [0.2, 0.25) is 0 Å². The van der Waals surface area contributed by atoms with Crippen molar-refractivity contribution < 1.29 is 9.53 Å². The number of nitrogens with one attached hydrogen (secondary N) is 2. The molecule has 140 valence electrons. The summed E-state index contributed by atoms with van der Waals surface area (Å²) in [6.07, 6.45) is 6.78. The average Bonchev–Trinajstić information content (AvgIpc) is 3.15. The van der Waals surface area contributed by atoms with Crippen LogP contribution in [0.4, 0.5) is 4.79 Å². The summed E-state index contributed by atoms with van der Waals surface area (Å²) in [6.45, 7) is 9.05. The molecule has 1 atom stereocenters. The summed E-state index contributed by atoms with van der Waals surface area (Å²) in [5.74, 6) is 0. The molecule has 2 heterocycles. The van der Waals surface area contributed by atoms with E-state index < -0.39 is 0 Å². The molecule has 25 heavy (non-hydrogen) atoms. The number of rotatable bonds is 4. The third kappa shape index (κ3) is 4.17. The van der Waals surface area contributed by atoms with Crippen LogP contribution in [0.15, 0.2) is 0 Å². The molecule has 0 radical (unpaired) electrons. The highest BCUT2D eigenvalue weighted by atomic mass is 16.5. The van der Waals surface area contributed by atoms with E-state index in [2.05, 4.69) is 29.4 Å². The summed E-state index contributed by atoms with van der Waals surface area (Å²) in [7, 11) is 0. The van der Waals surface area contributed by atoms with Gasteiger partial charge in [-0.25, -0.2) is 4.79 Å². The van der Waals surface area contributed by atoms with Crippen LogP contribution in [0.3, 0.4) is 0 Å². The van der Waals surface area contributed by atoms with Gasteiger partial charge in [-0.05, 0) is 66.2 Å². The maximum Gasteiger partial charge on any atom is 0.318 e. The first-order chi connectivity index (χ1) is 12.0. The third-order valence-electron chi connectivity index (χ3n) is 5.50. The maximum atomic E-state index is 12.9. The number of H-pyrrole nitrogens is 1. The van der Waals surface area contributed by atoms with Crippen molar-refractivity contribution in [1.82, 2.24) is 20.4 Å². The lowest BCUT2D eigenvalue weighted by atomic mass is 9.93. The Hall–Kier alpha value is -1.56. The minimum atomic E-state index is 0.0794. The minimum absolute atomic E-state index is 0.0794. The lowest BCUT2D eigenvalue weighted by Crippen LogP contribution is -2.46. The smallest absolute Gasteiger partial charge is 0.318 e. The summed E-state index contributed by atoms with van der Waals surface area (Å²) < 4.78 is 5.90. The molecule has 3 rings (SSSR count). The van der Waals surface area contributed by atoms with E-state index in [-0.39, 0.29) is 24.2 Å². The van der Waals surface area contributed by atoms with E-state index in [0.717, 1.165) is 56.5 Å². The Labute approximate surface area is 150 Å². The highest BCUT2D eigenvalue weighted by Crippen LogP contribution is 2.35. The molecular formula is C19H32N4O2. The van der Waals surface area contributed by atoms with Gasteiger partial charge < -0.3 is 15.0 Å². The molecule has 2 aliphatic rings. The molecule has 1 saturated carbocycles. The fraction of sp³-hybridized carbons (Fsp3) is 0.789. The summed E-state index contributed by atoms with van der Waals surface area (Å²) in [6, 6.07) is 0.502. The number of aromatic amines is 1. The SMILES string of the molecule is Cc1n[nH]c(C)c1[C@H]1CCCN1C(=O)NC1CCC(OC(C)C)CC1. The maximum absolute atomic E-state index is 12.9. The normalized spacial score (nSPS) is 27.1. The molecule has 0 bridgehead atoms. The van der Waals surface area contributed by atoms with Crippen molar-refractivity contribution in [2.45, 2.75) is 90.5 Å². The Bertz CT molecular complexity index is 571. The molecule has 6 heteroatoms. The van der Waals surface area contributed by atoms with Gasteiger partial charge in [0.25, 0.3) is 0 Å². The number of likely N-dealkylation sites (tertiary alicyclic amines) is 1. The second kappa shape index (κ2) is 7.77. The minimum Gasteiger partial charge on any atom is -0.376 e. The van der Waals surface area contributed by atoms with Crippen LogP contribution < -0.4 is 5.32 Å². The van der Waals surface area contributed by atoms with E-state index in [1.165, 1.54) is 5.56 Å². The molecule has 1 saturated heterocycles. The first kappa shape index (κ1) is 18.2. The first-order valence-electron chi connectivity index (χ1n) is 9.69. The Morgan fingerprint density at radius 1 is 1.24 bits per heavy atom. The van der Waals surface area contributed by atoms with E-state index in [0.29, 0.717) is 6.10 Å². The van der Waals surface area contributed by atoms with Gasteiger partial charge in [0.1, 0.15) is 0 Å². The standard InChI is InChI=1S/C19H32N4O2/c1-12(2)25-16-9-7-15(8-10-16)20-19(24)23-11-5-6-17(23)18-13(3)21-22-14(18)4/h12,15-17H,5-11H2,1-4H3,(H,20,24)(H,21,22)/t15?,16?,17-/m1/s1. The Balaban J connectivity index is 1.56. The average molecular weight is 348 g/mol. The molecular weight excluding hydrogens is 316 g/mol. The number of carbonyl (C=O) groups is 1. The fourth-order valence-electron chi connectivity index (χ4n) is 4.35. The van der Waals surface area contributed by atoms with Gasteiger partial charge in [0, 0.05) is 23.8 Å². The zero-order valence-corrected chi connectivity index (χ0v) is 16.0. The zero-order valence-electron chi connectivity index (χ0n) is 16.0. The molecule has 0 spiro atoms. The van der Waals surface area contributed by atoms with Crippen LogP contribution in [0.5, 0.6) is 0 Å². The van der Waals surface area contributed by atoms with Crippen LogP contribution in [0, 0.1) is 13.8 Å². The summed E-state index contributed by atoms with van der Waals surface area (Å²) in [5, 5.41) is 10.6. The van der Waals surface area contributed by atoms with Gasteiger partial charge in [0.05, 0.1) is 23.9 Å².